The van der Waals surface area contributed by atoms with Crippen LogP contribution in [0.2, 0.25) is 0 Å². The van der Waals surface area contributed by atoms with Crippen LogP contribution in [0.3, 0.4) is 0 Å². The van der Waals surface area contributed by atoms with E-state index in [1.54, 1.807) is 6.92 Å². The lowest BCUT2D eigenvalue weighted by Gasteiger charge is -2.27. The first-order valence-electron chi connectivity index (χ1n) is 9.25. The van der Waals surface area contributed by atoms with Gasteiger partial charge in [0.2, 0.25) is 5.91 Å². The number of carbonyl (C=O) groups is 1. The van der Waals surface area contributed by atoms with Gasteiger partial charge in [0.1, 0.15) is 11.4 Å². The van der Waals surface area contributed by atoms with E-state index in [2.05, 4.69) is 38.3 Å². The second-order valence-corrected chi connectivity index (χ2v) is 8.43. The lowest BCUT2D eigenvalue weighted by atomic mass is 9.90. The zero-order valence-corrected chi connectivity index (χ0v) is 16.8. The van der Waals surface area contributed by atoms with Crippen molar-refractivity contribution >= 4 is 17.7 Å². The maximum atomic E-state index is 12.4. The molecule has 1 N–H and O–H groups in total. The second-order valence-electron chi connectivity index (χ2n) is 7.49. The minimum atomic E-state index is -0.867. The third kappa shape index (κ3) is 4.69. The van der Waals surface area contributed by atoms with Gasteiger partial charge in [-0.25, -0.2) is 0 Å². The highest BCUT2D eigenvalue weighted by Gasteiger charge is 2.32. The Morgan fingerprint density at radius 1 is 1.37 bits per heavy atom. The molecular weight excluding hydrogens is 358 g/mol. The van der Waals surface area contributed by atoms with Gasteiger partial charge in [-0.1, -0.05) is 55.9 Å². The number of hydrogen-bond acceptors (Lipinski definition) is 5. The van der Waals surface area contributed by atoms with E-state index in [0.29, 0.717) is 12.5 Å². The van der Waals surface area contributed by atoms with E-state index >= 15 is 0 Å². The van der Waals surface area contributed by atoms with Gasteiger partial charge >= 0.3 is 0 Å². The smallest absolute Gasteiger partial charge is 0.231 e. The summed E-state index contributed by atoms with van der Waals surface area (Å²) in [4.78, 5) is 12.4. The van der Waals surface area contributed by atoms with Crippen molar-refractivity contribution in [1.29, 1.82) is 5.26 Å². The van der Waals surface area contributed by atoms with Crippen LogP contribution in [-0.2, 0) is 11.3 Å². The van der Waals surface area contributed by atoms with Crippen LogP contribution >= 0.6 is 11.8 Å². The largest absolute Gasteiger partial charge is 0.337 e. The fourth-order valence-corrected chi connectivity index (χ4v) is 3.47. The molecule has 3 rings (SSSR count). The standard InChI is InChI=1S/C20H25N5OS/c1-14(2)20(3,13-21)22-17(26)12-27-19-24-23-18(16-9-10-16)25(19)11-15-7-5-4-6-8-15/h4-8,14,16H,9-12H2,1-3H3,(H,22,26)/t20-/m0/s1. The second kappa shape index (κ2) is 8.13. The van der Waals surface area contributed by atoms with Crippen LogP contribution in [0.15, 0.2) is 35.5 Å². The number of rotatable bonds is 8. The number of nitriles is 1. The number of nitrogens with one attached hydrogen (secondary N) is 1. The Morgan fingerprint density at radius 2 is 2.07 bits per heavy atom. The molecule has 1 saturated carbocycles. The van der Waals surface area contributed by atoms with Crippen molar-refractivity contribution in [3.8, 4) is 6.07 Å². The summed E-state index contributed by atoms with van der Waals surface area (Å²) >= 11 is 1.37. The minimum Gasteiger partial charge on any atom is -0.337 e. The summed E-state index contributed by atoms with van der Waals surface area (Å²) in [5.74, 6) is 1.55. The third-order valence-electron chi connectivity index (χ3n) is 4.99. The lowest BCUT2D eigenvalue weighted by molar-refractivity contribution is -0.120. The van der Waals surface area contributed by atoms with Crippen LogP contribution in [0, 0.1) is 17.2 Å². The molecule has 7 heteroatoms. The Bertz CT molecular complexity index is 838. The number of aromatic nitrogens is 3. The molecule has 2 aromatic rings. The summed E-state index contributed by atoms with van der Waals surface area (Å²) in [5.41, 5.74) is 0.316. The molecule has 0 spiro atoms. The fourth-order valence-electron chi connectivity index (χ4n) is 2.72. The Hall–Kier alpha value is -2.33. The van der Waals surface area contributed by atoms with E-state index in [0.717, 1.165) is 23.8 Å². The van der Waals surface area contributed by atoms with Crippen LogP contribution in [-0.4, -0.2) is 32.0 Å². The minimum absolute atomic E-state index is 0.0275. The lowest BCUT2D eigenvalue weighted by Crippen LogP contribution is -2.49. The van der Waals surface area contributed by atoms with Crippen LogP contribution < -0.4 is 5.32 Å². The van der Waals surface area contributed by atoms with Crippen molar-refractivity contribution in [2.24, 2.45) is 5.92 Å². The van der Waals surface area contributed by atoms with E-state index < -0.39 is 5.54 Å². The molecule has 0 aliphatic heterocycles. The van der Waals surface area contributed by atoms with E-state index in [1.807, 2.05) is 32.0 Å². The first-order chi connectivity index (χ1) is 12.9. The molecule has 1 aromatic carbocycles. The Kier molecular flexibility index (Phi) is 5.85. The molecule has 27 heavy (non-hydrogen) atoms. The van der Waals surface area contributed by atoms with Gasteiger partial charge in [0.25, 0.3) is 0 Å². The van der Waals surface area contributed by atoms with Gasteiger partial charge in [-0.15, -0.1) is 10.2 Å². The van der Waals surface area contributed by atoms with Crippen molar-refractivity contribution < 1.29 is 4.79 Å². The van der Waals surface area contributed by atoms with Crippen molar-refractivity contribution in [2.75, 3.05) is 5.75 Å². The molecule has 1 aliphatic carbocycles. The van der Waals surface area contributed by atoms with Gasteiger partial charge in [0.15, 0.2) is 5.16 Å². The Labute approximate surface area is 164 Å². The summed E-state index contributed by atoms with van der Waals surface area (Å²) in [6.07, 6.45) is 2.29. The van der Waals surface area contributed by atoms with Crippen molar-refractivity contribution in [3.63, 3.8) is 0 Å². The van der Waals surface area contributed by atoms with Crippen LogP contribution in [0.1, 0.15) is 50.9 Å². The number of amides is 1. The maximum Gasteiger partial charge on any atom is 0.231 e. The first kappa shape index (κ1) is 19.4. The zero-order chi connectivity index (χ0) is 19.4. The van der Waals surface area contributed by atoms with Gasteiger partial charge in [0, 0.05) is 5.92 Å². The van der Waals surface area contributed by atoms with Gasteiger partial charge < -0.3 is 9.88 Å². The predicted octanol–water partition coefficient (Wildman–Crippen LogP) is 3.35. The predicted molar refractivity (Wildman–Crippen MR) is 105 cm³/mol. The number of thioether (sulfide) groups is 1. The van der Waals surface area contributed by atoms with Crippen molar-refractivity contribution in [1.82, 2.24) is 20.1 Å². The Balaban J connectivity index is 1.70. The SMILES string of the molecule is CC(C)[C@](C)(C#N)NC(=O)CSc1nnc(C2CC2)n1Cc1ccccc1. The highest BCUT2D eigenvalue weighted by atomic mass is 32.2. The van der Waals surface area contributed by atoms with Gasteiger partial charge in [-0.2, -0.15) is 5.26 Å². The van der Waals surface area contributed by atoms with E-state index in [4.69, 9.17) is 0 Å². The summed E-state index contributed by atoms with van der Waals surface area (Å²) in [5, 5.41) is 21.7. The number of carbonyl (C=O) groups excluding carboxylic acids is 1. The van der Waals surface area contributed by atoms with Crippen LogP contribution in [0.5, 0.6) is 0 Å². The number of hydrogen-bond donors (Lipinski definition) is 1. The monoisotopic (exact) mass is 383 g/mol. The highest BCUT2D eigenvalue weighted by molar-refractivity contribution is 7.99. The van der Waals surface area contributed by atoms with Gasteiger partial charge in [0.05, 0.1) is 18.4 Å². The van der Waals surface area contributed by atoms with Crippen LogP contribution in [0.25, 0.3) is 0 Å². The topological polar surface area (TPSA) is 83.6 Å². The fraction of sp³-hybridized carbons (Fsp3) is 0.500. The third-order valence-corrected chi connectivity index (χ3v) is 5.96. The van der Waals surface area contributed by atoms with Crippen LogP contribution in [0.4, 0.5) is 0 Å². The zero-order valence-electron chi connectivity index (χ0n) is 16.0. The number of benzene rings is 1. The van der Waals surface area contributed by atoms with E-state index in [1.165, 1.54) is 17.3 Å². The average molecular weight is 384 g/mol. The van der Waals surface area contributed by atoms with Crippen molar-refractivity contribution in [2.45, 2.75) is 56.8 Å². The molecule has 1 amide bonds. The molecule has 1 atom stereocenters. The van der Waals surface area contributed by atoms with Gasteiger partial charge in [-0.3, -0.25) is 4.79 Å². The molecule has 1 aromatic heterocycles. The summed E-state index contributed by atoms with van der Waals surface area (Å²) in [7, 11) is 0. The quantitative estimate of drug-likeness (QED) is 0.707. The van der Waals surface area contributed by atoms with Crippen molar-refractivity contribution in [3.05, 3.63) is 41.7 Å². The molecule has 1 aliphatic rings. The molecular formula is C20H25N5OS. The molecule has 0 bridgehead atoms. The van der Waals surface area contributed by atoms with E-state index in [-0.39, 0.29) is 17.6 Å². The number of nitrogens with zero attached hydrogens (tertiary/aromatic N) is 4. The summed E-state index contributed by atoms with van der Waals surface area (Å²) in [6.45, 7) is 6.30. The molecule has 142 valence electrons. The molecule has 1 fully saturated rings. The summed E-state index contributed by atoms with van der Waals surface area (Å²) < 4.78 is 2.12. The first-order valence-corrected chi connectivity index (χ1v) is 10.2. The highest BCUT2D eigenvalue weighted by Crippen LogP contribution is 2.40. The molecule has 0 radical (unpaired) electrons. The molecule has 6 nitrogen and oxygen atoms in total. The Morgan fingerprint density at radius 3 is 2.67 bits per heavy atom. The maximum absolute atomic E-state index is 12.4. The average Bonchev–Trinajstić information content (AvgIpc) is 3.42. The molecule has 1 heterocycles. The summed E-state index contributed by atoms with van der Waals surface area (Å²) in [6, 6.07) is 12.4. The van der Waals surface area contributed by atoms with Gasteiger partial charge in [-0.05, 0) is 31.2 Å². The normalized spacial score (nSPS) is 16.0. The molecule has 0 saturated heterocycles. The molecule has 0 unspecified atom stereocenters. The van der Waals surface area contributed by atoms with E-state index in [9.17, 15) is 10.1 Å².